The summed E-state index contributed by atoms with van der Waals surface area (Å²) < 4.78 is 8.22. The summed E-state index contributed by atoms with van der Waals surface area (Å²) in [5, 5.41) is 11.2. The van der Waals surface area contributed by atoms with Crippen molar-refractivity contribution in [2.24, 2.45) is 0 Å². The SMILES string of the molecule is c1cc(Cn2ccnc2)cc(Nc2ncc3cc(-c4cn[nH]c4)c(OCCc4cnccn4)cc3n2)c1. The van der Waals surface area contributed by atoms with Gasteiger partial charge in [-0.05, 0) is 23.8 Å². The van der Waals surface area contributed by atoms with Gasteiger partial charge in [-0.25, -0.2) is 15.0 Å². The molecule has 0 aliphatic heterocycles. The fraction of sp³-hybridized carbons (Fsp3) is 0.111. The number of ether oxygens (including phenoxy) is 1. The van der Waals surface area contributed by atoms with Crippen LogP contribution < -0.4 is 10.1 Å². The van der Waals surface area contributed by atoms with E-state index in [9.17, 15) is 0 Å². The molecule has 0 saturated carbocycles. The summed E-state index contributed by atoms with van der Waals surface area (Å²) in [4.78, 5) is 21.9. The number of fused-ring (bicyclic) bond motifs is 1. The van der Waals surface area contributed by atoms with Gasteiger partial charge in [-0.2, -0.15) is 5.10 Å². The molecule has 2 aromatic carbocycles. The van der Waals surface area contributed by atoms with Crippen LogP contribution in [0.25, 0.3) is 22.0 Å². The normalized spacial score (nSPS) is 11.0. The Labute approximate surface area is 212 Å². The summed E-state index contributed by atoms with van der Waals surface area (Å²) >= 11 is 0. The Kier molecular flexibility index (Phi) is 6.19. The summed E-state index contributed by atoms with van der Waals surface area (Å²) in [7, 11) is 0. The molecule has 10 heteroatoms. The predicted molar refractivity (Wildman–Crippen MR) is 139 cm³/mol. The van der Waals surface area contributed by atoms with Crippen molar-refractivity contribution in [2.75, 3.05) is 11.9 Å². The van der Waals surface area contributed by atoms with Gasteiger partial charge in [-0.3, -0.25) is 15.1 Å². The fourth-order valence-corrected chi connectivity index (χ4v) is 4.06. The van der Waals surface area contributed by atoms with Crippen molar-refractivity contribution >= 4 is 22.5 Å². The Morgan fingerprint density at radius 2 is 1.97 bits per heavy atom. The van der Waals surface area contributed by atoms with E-state index >= 15 is 0 Å². The van der Waals surface area contributed by atoms with E-state index < -0.39 is 0 Å². The maximum Gasteiger partial charge on any atom is 0.227 e. The highest BCUT2D eigenvalue weighted by molar-refractivity contribution is 5.88. The molecule has 6 rings (SSSR count). The third kappa shape index (κ3) is 5.27. The molecule has 0 fully saturated rings. The quantitative estimate of drug-likeness (QED) is 0.306. The number of nitrogens with one attached hydrogen (secondary N) is 2. The van der Waals surface area contributed by atoms with Gasteiger partial charge in [0.15, 0.2) is 0 Å². The van der Waals surface area contributed by atoms with Crippen molar-refractivity contribution in [3.05, 3.63) is 104 Å². The van der Waals surface area contributed by atoms with E-state index in [0.717, 1.165) is 45.5 Å². The smallest absolute Gasteiger partial charge is 0.227 e. The van der Waals surface area contributed by atoms with Crippen LogP contribution in [0.3, 0.4) is 0 Å². The molecule has 0 saturated heterocycles. The second-order valence-electron chi connectivity index (χ2n) is 8.44. The molecule has 0 bridgehead atoms. The number of H-pyrrole nitrogens is 1. The second kappa shape index (κ2) is 10.2. The van der Waals surface area contributed by atoms with E-state index in [-0.39, 0.29) is 0 Å². The van der Waals surface area contributed by atoms with Crippen molar-refractivity contribution in [3.63, 3.8) is 0 Å². The number of aromatic amines is 1. The van der Waals surface area contributed by atoms with Gasteiger partial charge in [0.05, 0.1) is 30.3 Å². The van der Waals surface area contributed by atoms with E-state index in [2.05, 4.69) is 47.6 Å². The molecule has 0 atom stereocenters. The Morgan fingerprint density at radius 3 is 2.81 bits per heavy atom. The maximum atomic E-state index is 6.20. The van der Waals surface area contributed by atoms with Gasteiger partial charge in [0.25, 0.3) is 0 Å². The highest BCUT2D eigenvalue weighted by atomic mass is 16.5. The van der Waals surface area contributed by atoms with Gasteiger partial charge in [0.2, 0.25) is 5.95 Å². The van der Waals surface area contributed by atoms with Crippen LogP contribution in [0.1, 0.15) is 11.3 Å². The van der Waals surface area contributed by atoms with Crippen LogP contribution in [0.2, 0.25) is 0 Å². The summed E-state index contributed by atoms with van der Waals surface area (Å²) in [6.45, 7) is 1.19. The number of rotatable bonds is 9. The number of aromatic nitrogens is 8. The molecule has 6 aromatic rings. The molecule has 182 valence electrons. The highest BCUT2D eigenvalue weighted by Gasteiger charge is 2.12. The molecule has 4 aromatic heterocycles. The fourth-order valence-electron chi connectivity index (χ4n) is 4.06. The molecular formula is C27H23N9O. The first-order valence-corrected chi connectivity index (χ1v) is 11.8. The van der Waals surface area contributed by atoms with Crippen molar-refractivity contribution in [3.8, 4) is 16.9 Å². The number of nitrogens with zero attached hydrogens (tertiary/aromatic N) is 7. The lowest BCUT2D eigenvalue weighted by molar-refractivity contribution is 0.322. The van der Waals surface area contributed by atoms with Gasteiger partial charge in [-0.15, -0.1) is 0 Å². The first-order chi connectivity index (χ1) is 18.3. The molecule has 2 N–H and O–H groups in total. The molecule has 0 aliphatic rings. The largest absolute Gasteiger partial charge is 0.492 e. The van der Waals surface area contributed by atoms with E-state index in [4.69, 9.17) is 9.72 Å². The van der Waals surface area contributed by atoms with Crippen molar-refractivity contribution in [1.82, 2.24) is 39.7 Å². The zero-order valence-corrected chi connectivity index (χ0v) is 19.8. The molecule has 0 radical (unpaired) electrons. The Hall–Kier alpha value is -5.12. The maximum absolute atomic E-state index is 6.20. The third-order valence-corrected chi connectivity index (χ3v) is 5.83. The summed E-state index contributed by atoms with van der Waals surface area (Å²) in [5.41, 5.74) is 5.54. The van der Waals surface area contributed by atoms with Crippen molar-refractivity contribution in [2.45, 2.75) is 13.0 Å². The minimum Gasteiger partial charge on any atom is -0.492 e. The molecule has 0 unspecified atom stereocenters. The van der Waals surface area contributed by atoms with E-state index in [1.807, 2.05) is 47.4 Å². The second-order valence-corrected chi connectivity index (χ2v) is 8.44. The zero-order chi connectivity index (χ0) is 24.9. The van der Waals surface area contributed by atoms with Crippen LogP contribution in [0.5, 0.6) is 5.75 Å². The lowest BCUT2D eigenvalue weighted by Crippen LogP contribution is -2.04. The predicted octanol–water partition coefficient (Wildman–Crippen LogP) is 4.42. The minimum atomic E-state index is 0.453. The third-order valence-electron chi connectivity index (χ3n) is 5.83. The van der Waals surface area contributed by atoms with Gasteiger partial charge < -0.3 is 14.6 Å². The molecule has 37 heavy (non-hydrogen) atoms. The lowest BCUT2D eigenvalue weighted by atomic mass is 10.1. The van der Waals surface area contributed by atoms with Gasteiger partial charge in [0, 0.05) is 84.6 Å². The topological polar surface area (TPSA) is 119 Å². The van der Waals surface area contributed by atoms with Gasteiger partial charge >= 0.3 is 0 Å². The Bertz CT molecular complexity index is 1600. The molecule has 4 heterocycles. The average molecular weight is 490 g/mol. The van der Waals surface area contributed by atoms with Crippen LogP contribution in [0.4, 0.5) is 11.6 Å². The zero-order valence-electron chi connectivity index (χ0n) is 19.8. The van der Waals surface area contributed by atoms with Crippen molar-refractivity contribution < 1.29 is 4.74 Å². The molecule has 10 nitrogen and oxygen atoms in total. The molecular weight excluding hydrogens is 466 g/mol. The standard InChI is InChI=1S/C27H23N9O/c1-2-19(17-36-8-7-29-18-36)10-22(3-1)34-27-31-13-20-11-24(21-14-32-33-15-21)26(12-25(20)35-27)37-9-4-23-16-28-5-6-30-23/h1-3,5-8,10-16,18H,4,9,17H2,(H,32,33)(H,31,34,35). The number of hydrogen-bond acceptors (Lipinski definition) is 8. The Balaban J connectivity index is 1.26. The average Bonchev–Trinajstić information content (AvgIpc) is 3.64. The molecule has 0 spiro atoms. The first kappa shape index (κ1) is 22.4. The van der Waals surface area contributed by atoms with Crippen LogP contribution >= 0.6 is 0 Å². The van der Waals surface area contributed by atoms with Crippen LogP contribution in [-0.2, 0) is 13.0 Å². The van der Waals surface area contributed by atoms with E-state index in [0.29, 0.717) is 24.7 Å². The number of imidazole rings is 1. The number of benzene rings is 2. The van der Waals surface area contributed by atoms with Gasteiger partial charge in [0.1, 0.15) is 5.75 Å². The van der Waals surface area contributed by atoms with Crippen LogP contribution in [-0.4, -0.2) is 46.3 Å². The van der Waals surface area contributed by atoms with Crippen LogP contribution in [0, 0.1) is 0 Å². The van der Waals surface area contributed by atoms with E-state index in [1.54, 1.807) is 37.3 Å². The Morgan fingerprint density at radius 1 is 0.973 bits per heavy atom. The number of anilines is 2. The van der Waals surface area contributed by atoms with E-state index in [1.165, 1.54) is 0 Å². The minimum absolute atomic E-state index is 0.453. The summed E-state index contributed by atoms with van der Waals surface area (Å²) in [5.74, 6) is 1.22. The molecule has 0 amide bonds. The summed E-state index contributed by atoms with van der Waals surface area (Å²) in [6, 6.07) is 12.1. The highest BCUT2D eigenvalue weighted by Crippen LogP contribution is 2.34. The van der Waals surface area contributed by atoms with Crippen molar-refractivity contribution in [1.29, 1.82) is 0 Å². The van der Waals surface area contributed by atoms with Gasteiger partial charge in [-0.1, -0.05) is 12.1 Å². The summed E-state index contributed by atoms with van der Waals surface area (Å²) in [6.07, 6.45) is 16.7. The van der Waals surface area contributed by atoms with Crippen LogP contribution in [0.15, 0.2) is 92.3 Å². The lowest BCUT2D eigenvalue weighted by Gasteiger charge is -2.13. The molecule has 0 aliphatic carbocycles. The first-order valence-electron chi connectivity index (χ1n) is 11.8. The monoisotopic (exact) mass is 489 g/mol. The number of hydrogen-bond donors (Lipinski definition) is 2.